The average Bonchev–Trinajstić information content (AvgIpc) is 3.10. The fourth-order valence-electron chi connectivity index (χ4n) is 3.63. The van der Waals surface area contributed by atoms with Gasteiger partial charge >= 0.3 is 0 Å². The van der Waals surface area contributed by atoms with Gasteiger partial charge in [-0.05, 0) is 43.5 Å². The lowest BCUT2D eigenvalue weighted by Gasteiger charge is -2.17. The second-order valence-corrected chi connectivity index (χ2v) is 7.36. The zero-order valence-corrected chi connectivity index (χ0v) is 16.8. The minimum atomic E-state index is -0.431. The summed E-state index contributed by atoms with van der Waals surface area (Å²) >= 11 is 0. The van der Waals surface area contributed by atoms with Gasteiger partial charge < -0.3 is 9.72 Å². The summed E-state index contributed by atoms with van der Waals surface area (Å²) in [6, 6.07) is 23.8. The fourth-order valence-corrected chi connectivity index (χ4v) is 3.63. The molecule has 2 heterocycles. The van der Waals surface area contributed by atoms with E-state index in [0.717, 1.165) is 23.3 Å². The Labute approximate surface area is 171 Å². The molecule has 2 aromatic heterocycles. The molecule has 1 N–H and O–H groups in total. The maximum absolute atomic E-state index is 13.5. The molecule has 0 aliphatic rings. The molecule has 0 saturated carbocycles. The van der Waals surface area contributed by atoms with Gasteiger partial charge in [0.05, 0.1) is 11.6 Å². The number of hydrogen-bond acceptors (Lipinski definition) is 3. The van der Waals surface area contributed by atoms with Crippen molar-refractivity contribution in [2.45, 2.75) is 26.3 Å². The number of ketones is 1. The van der Waals surface area contributed by atoms with E-state index in [0.29, 0.717) is 12.2 Å². The highest BCUT2D eigenvalue weighted by molar-refractivity contribution is 6.04. The summed E-state index contributed by atoms with van der Waals surface area (Å²) in [5.74, 6) is 0.812. The van der Waals surface area contributed by atoms with E-state index in [1.807, 2.05) is 66.1 Å². The molecule has 0 radical (unpaired) electrons. The summed E-state index contributed by atoms with van der Waals surface area (Å²) < 4.78 is 1.96. The molecule has 4 heteroatoms. The molecule has 0 fully saturated rings. The molecule has 2 aromatic carbocycles. The van der Waals surface area contributed by atoms with Crippen LogP contribution in [0.25, 0.3) is 5.52 Å². The van der Waals surface area contributed by atoms with Gasteiger partial charge in [-0.3, -0.25) is 4.79 Å². The molecule has 0 unspecified atom stereocenters. The number of nitrogens with zero attached hydrogens (tertiary/aromatic N) is 2. The highest BCUT2D eigenvalue weighted by Crippen LogP contribution is 2.22. The first-order valence-electron chi connectivity index (χ1n) is 9.95. The summed E-state index contributed by atoms with van der Waals surface area (Å²) in [7, 11) is 0. The number of nitrogens with one attached hydrogen (secondary N) is 1. The van der Waals surface area contributed by atoms with Crippen LogP contribution in [0.5, 0.6) is 0 Å². The van der Waals surface area contributed by atoms with E-state index in [2.05, 4.69) is 41.5 Å². The topological polar surface area (TPSA) is 46.4 Å². The van der Waals surface area contributed by atoms with Crippen LogP contribution in [0.4, 0.5) is 0 Å². The van der Waals surface area contributed by atoms with Crippen LogP contribution in [0.2, 0.25) is 0 Å². The third-order valence-electron chi connectivity index (χ3n) is 5.24. The van der Waals surface area contributed by atoms with Gasteiger partial charge in [-0.1, -0.05) is 66.2 Å². The quantitative estimate of drug-likeness (QED) is 0.470. The van der Waals surface area contributed by atoms with Crippen molar-refractivity contribution in [2.75, 3.05) is 6.54 Å². The van der Waals surface area contributed by atoms with Crippen LogP contribution >= 0.6 is 0 Å². The Morgan fingerprint density at radius 3 is 2.45 bits per heavy atom. The van der Waals surface area contributed by atoms with E-state index in [4.69, 9.17) is 0 Å². The fraction of sp³-hybridized carbons (Fsp3) is 0.200. The molecule has 0 aliphatic carbocycles. The van der Waals surface area contributed by atoms with Crippen molar-refractivity contribution in [3.63, 3.8) is 0 Å². The van der Waals surface area contributed by atoms with Crippen molar-refractivity contribution >= 4 is 11.3 Å². The van der Waals surface area contributed by atoms with Crippen LogP contribution in [0.1, 0.15) is 39.0 Å². The summed E-state index contributed by atoms with van der Waals surface area (Å²) in [5, 5.41) is 3.47. The number of imidazole rings is 1. The number of carbonyl (C=O) groups excluding carboxylic acids is 1. The van der Waals surface area contributed by atoms with Crippen LogP contribution < -0.4 is 5.32 Å². The monoisotopic (exact) mass is 383 g/mol. The molecular formula is C25H25N3O. The highest BCUT2D eigenvalue weighted by Gasteiger charge is 2.25. The number of Topliss-reactive ketones (excluding diaryl/α,β-unsaturated/α-hetero) is 1. The zero-order chi connectivity index (χ0) is 20.2. The Morgan fingerprint density at radius 2 is 1.69 bits per heavy atom. The number of rotatable bonds is 7. The van der Waals surface area contributed by atoms with Crippen molar-refractivity contribution in [1.29, 1.82) is 0 Å². The maximum Gasteiger partial charge on any atom is 0.204 e. The van der Waals surface area contributed by atoms with Crippen molar-refractivity contribution < 1.29 is 4.79 Å². The predicted molar refractivity (Wildman–Crippen MR) is 116 cm³/mol. The number of pyridine rings is 1. The SMILES string of the molecule is Cc1ccc(CCN[C@@H](C(=O)c2nc(C)n3ccccc23)c2ccccc2)cc1. The normalized spacial score (nSPS) is 12.2. The molecule has 0 bridgehead atoms. The standard InChI is InChI=1S/C25H25N3O/c1-18-11-13-20(14-12-18)15-16-26-23(21-8-4-3-5-9-21)25(29)24-22-10-6-7-17-28(22)19(2)27-24/h3-14,17,23,26H,15-16H2,1-2H3/t23-/m1/s1. The highest BCUT2D eigenvalue weighted by atomic mass is 16.1. The number of fused-ring (bicyclic) bond motifs is 1. The largest absolute Gasteiger partial charge is 0.303 e. The number of carbonyl (C=O) groups is 1. The Bertz CT molecular complexity index is 1110. The van der Waals surface area contributed by atoms with Crippen LogP contribution in [-0.2, 0) is 6.42 Å². The minimum absolute atomic E-state index is 0.00286. The van der Waals surface area contributed by atoms with Gasteiger partial charge in [-0.2, -0.15) is 0 Å². The molecule has 0 amide bonds. The second kappa shape index (κ2) is 8.41. The molecule has 4 aromatic rings. The van der Waals surface area contributed by atoms with E-state index in [1.165, 1.54) is 11.1 Å². The Kier molecular flexibility index (Phi) is 5.54. The van der Waals surface area contributed by atoms with Crippen molar-refractivity contribution in [3.8, 4) is 0 Å². The van der Waals surface area contributed by atoms with Gasteiger partial charge in [0, 0.05) is 12.7 Å². The lowest BCUT2D eigenvalue weighted by molar-refractivity contribution is 0.0940. The molecular weight excluding hydrogens is 358 g/mol. The molecule has 0 saturated heterocycles. The zero-order valence-electron chi connectivity index (χ0n) is 16.8. The summed E-state index contributed by atoms with van der Waals surface area (Å²) in [6.45, 7) is 4.72. The first-order valence-corrected chi connectivity index (χ1v) is 9.95. The Hall–Kier alpha value is -3.24. The van der Waals surface area contributed by atoms with E-state index in [9.17, 15) is 4.79 Å². The van der Waals surface area contributed by atoms with Crippen LogP contribution in [-0.4, -0.2) is 21.7 Å². The van der Waals surface area contributed by atoms with Crippen LogP contribution in [0, 0.1) is 13.8 Å². The average molecular weight is 383 g/mol. The van der Waals surface area contributed by atoms with Crippen molar-refractivity contribution in [1.82, 2.24) is 14.7 Å². The van der Waals surface area contributed by atoms with Gasteiger partial charge in [0.2, 0.25) is 5.78 Å². The molecule has 146 valence electrons. The second-order valence-electron chi connectivity index (χ2n) is 7.36. The van der Waals surface area contributed by atoms with E-state index in [-0.39, 0.29) is 5.78 Å². The van der Waals surface area contributed by atoms with Gasteiger partial charge in [0.15, 0.2) is 0 Å². The molecule has 4 rings (SSSR count). The molecule has 1 atom stereocenters. The molecule has 0 spiro atoms. The summed E-state index contributed by atoms with van der Waals surface area (Å²) in [4.78, 5) is 18.1. The van der Waals surface area contributed by atoms with E-state index >= 15 is 0 Å². The van der Waals surface area contributed by atoms with Gasteiger partial charge in [0.25, 0.3) is 0 Å². The van der Waals surface area contributed by atoms with Gasteiger partial charge in [-0.25, -0.2) is 4.98 Å². The van der Waals surface area contributed by atoms with Gasteiger partial charge in [-0.15, -0.1) is 0 Å². The first-order chi connectivity index (χ1) is 14.1. The van der Waals surface area contributed by atoms with E-state index < -0.39 is 6.04 Å². The van der Waals surface area contributed by atoms with E-state index in [1.54, 1.807) is 0 Å². The van der Waals surface area contributed by atoms with Crippen LogP contribution in [0.3, 0.4) is 0 Å². The lowest BCUT2D eigenvalue weighted by atomic mass is 9.99. The van der Waals surface area contributed by atoms with Crippen LogP contribution in [0.15, 0.2) is 79.0 Å². The molecule has 0 aliphatic heterocycles. The minimum Gasteiger partial charge on any atom is -0.303 e. The lowest BCUT2D eigenvalue weighted by Crippen LogP contribution is -2.30. The summed E-state index contributed by atoms with van der Waals surface area (Å²) in [6.07, 6.45) is 2.80. The smallest absolute Gasteiger partial charge is 0.204 e. The van der Waals surface area contributed by atoms with Crippen molar-refractivity contribution in [2.24, 2.45) is 0 Å². The maximum atomic E-state index is 13.5. The third kappa shape index (κ3) is 4.13. The number of hydrogen-bond donors (Lipinski definition) is 1. The first kappa shape index (κ1) is 19.1. The molecule has 29 heavy (non-hydrogen) atoms. The number of aryl methyl sites for hydroxylation is 2. The predicted octanol–water partition coefficient (Wildman–Crippen LogP) is 4.71. The summed E-state index contributed by atoms with van der Waals surface area (Å²) in [5.41, 5.74) is 4.82. The Morgan fingerprint density at radius 1 is 0.966 bits per heavy atom. The molecule has 4 nitrogen and oxygen atoms in total. The van der Waals surface area contributed by atoms with Gasteiger partial charge in [0.1, 0.15) is 11.5 Å². The number of aromatic nitrogens is 2. The third-order valence-corrected chi connectivity index (χ3v) is 5.24. The van der Waals surface area contributed by atoms with Crippen molar-refractivity contribution in [3.05, 3.63) is 107 Å². The Balaban J connectivity index is 1.60. The number of benzene rings is 2.